The van der Waals surface area contributed by atoms with Crippen molar-refractivity contribution in [2.24, 2.45) is 0 Å². The first kappa shape index (κ1) is 24.2. The van der Waals surface area contributed by atoms with E-state index in [0.29, 0.717) is 57.5 Å². The summed E-state index contributed by atoms with van der Waals surface area (Å²) in [6.45, 7) is 0.574. The summed E-state index contributed by atoms with van der Waals surface area (Å²) in [5.41, 5.74) is 1.96. The summed E-state index contributed by atoms with van der Waals surface area (Å²) in [6, 6.07) is 17.5. The van der Waals surface area contributed by atoms with Gasteiger partial charge < -0.3 is 19.7 Å². The summed E-state index contributed by atoms with van der Waals surface area (Å²) >= 11 is 18.2. The van der Waals surface area contributed by atoms with E-state index >= 15 is 0 Å². The van der Waals surface area contributed by atoms with E-state index in [1.165, 1.54) is 0 Å². The van der Waals surface area contributed by atoms with Crippen molar-refractivity contribution in [2.75, 3.05) is 23.4 Å². The van der Waals surface area contributed by atoms with Crippen LogP contribution in [0.1, 0.15) is 18.4 Å². The van der Waals surface area contributed by atoms with Gasteiger partial charge in [-0.3, -0.25) is 9.59 Å². The Bertz CT molecular complexity index is 1220. The molecule has 0 aromatic heterocycles. The van der Waals surface area contributed by atoms with Crippen molar-refractivity contribution in [2.45, 2.75) is 19.4 Å². The van der Waals surface area contributed by atoms with Gasteiger partial charge in [0.15, 0.2) is 6.61 Å². The highest BCUT2D eigenvalue weighted by molar-refractivity contribution is 6.35. The zero-order valence-electron chi connectivity index (χ0n) is 18.0. The van der Waals surface area contributed by atoms with E-state index in [2.05, 4.69) is 5.32 Å². The maximum atomic E-state index is 12.6. The molecule has 0 spiro atoms. The number of hydrogen-bond acceptors (Lipinski definition) is 4. The van der Waals surface area contributed by atoms with Crippen LogP contribution in [0.3, 0.4) is 0 Å². The van der Waals surface area contributed by atoms with Gasteiger partial charge >= 0.3 is 0 Å². The number of fused-ring (bicyclic) bond motifs is 1. The molecule has 3 aromatic rings. The van der Waals surface area contributed by atoms with Crippen LogP contribution in [0.5, 0.6) is 11.5 Å². The molecule has 0 saturated carbocycles. The van der Waals surface area contributed by atoms with Gasteiger partial charge in [-0.25, -0.2) is 0 Å². The van der Waals surface area contributed by atoms with Crippen LogP contribution in [-0.2, 0) is 16.1 Å². The van der Waals surface area contributed by atoms with Gasteiger partial charge in [-0.15, -0.1) is 0 Å². The van der Waals surface area contributed by atoms with Crippen LogP contribution < -0.4 is 19.7 Å². The highest BCUT2D eigenvalue weighted by atomic mass is 35.5. The van der Waals surface area contributed by atoms with Crippen LogP contribution in [0.4, 0.5) is 11.4 Å². The minimum absolute atomic E-state index is 0.0548. The van der Waals surface area contributed by atoms with E-state index in [4.69, 9.17) is 44.3 Å². The van der Waals surface area contributed by atoms with Crippen molar-refractivity contribution >= 4 is 58.0 Å². The second-order valence-corrected chi connectivity index (χ2v) is 8.87. The van der Waals surface area contributed by atoms with Crippen molar-refractivity contribution in [1.82, 2.24) is 0 Å². The molecule has 9 heteroatoms. The van der Waals surface area contributed by atoms with Gasteiger partial charge in [-0.2, -0.15) is 0 Å². The first-order valence-electron chi connectivity index (χ1n) is 10.6. The van der Waals surface area contributed by atoms with E-state index in [1.54, 1.807) is 47.4 Å². The van der Waals surface area contributed by atoms with Crippen molar-refractivity contribution in [3.63, 3.8) is 0 Å². The van der Waals surface area contributed by atoms with Crippen LogP contribution in [0.2, 0.25) is 15.1 Å². The van der Waals surface area contributed by atoms with E-state index < -0.39 is 0 Å². The van der Waals surface area contributed by atoms with Gasteiger partial charge in [0, 0.05) is 22.2 Å². The Morgan fingerprint density at radius 2 is 1.85 bits per heavy atom. The molecule has 1 aliphatic heterocycles. The fraction of sp³-hybridized carbons (Fsp3) is 0.200. The Kier molecular flexibility index (Phi) is 7.83. The molecule has 1 aliphatic rings. The Balaban J connectivity index is 1.36. The zero-order valence-corrected chi connectivity index (χ0v) is 20.3. The lowest BCUT2D eigenvalue weighted by Crippen LogP contribution is -2.38. The number of halogens is 3. The summed E-state index contributed by atoms with van der Waals surface area (Å²) < 4.78 is 11.2. The van der Waals surface area contributed by atoms with Gasteiger partial charge in [-0.05, 0) is 54.4 Å². The average Bonchev–Trinajstić information content (AvgIpc) is 2.81. The summed E-state index contributed by atoms with van der Waals surface area (Å²) in [7, 11) is 0. The summed E-state index contributed by atoms with van der Waals surface area (Å²) in [5.74, 6) is 0.725. The quantitative estimate of drug-likeness (QED) is 0.351. The number of nitrogens with zero attached hydrogens (tertiary/aromatic N) is 1. The molecular weight excluding hydrogens is 499 g/mol. The monoisotopic (exact) mass is 518 g/mol. The minimum Gasteiger partial charge on any atom is -0.492 e. The molecule has 0 unspecified atom stereocenters. The van der Waals surface area contributed by atoms with Crippen molar-refractivity contribution < 1.29 is 19.1 Å². The fourth-order valence-electron chi connectivity index (χ4n) is 3.48. The number of carbonyl (C=O) groups excluding carboxylic acids is 2. The molecule has 4 rings (SSSR count). The fourth-order valence-corrected chi connectivity index (χ4v) is 4.14. The third kappa shape index (κ3) is 5.95. The third-order valence-electron chi connectivity index (χ3n) is 5.17. The molecule has 6 nitrogen and oxygen atoms in total. The number of nitrogens with one attached hydrogen (secondary N) is 1. The number of hydrogen-bond donors (Lipinski definition) is 1. The lowest BCUT2D eigenvalue weighted by Gasteiger charge is -2.30. The number of anilines is 2. The molecule has 0 fully saturated rings. The van der Waals surface area contributed by atoms with Crippen molar-refractivity contribution in [3.8, 4) is 11.5 Å². The molecule has 0 atom stereocenters. The molecule has 176 valence electrons. The summed E-state index contributed by atoms with van der Waals surface area (Å²) in [5, 5.41) is 4.39. The minimum atomic E-state index is -0.186. The third-order valence-corrected chi connectivity index (χ3v) is 6.07. The Labute approximate surface area is 212 Å². The maximum Gasteiger partial charge on any atom is 0.265 e. The van der Waals surface area contributed by atoms with E-state index in [0.717, 1.165) is 5.56 Å². The van der Waals surface area contributed by atoms with Gasteiger partial charge in [-0.1, -0.05) is 53.0 Å². The van der Waals surface area contributed by atoms with E-state index in [1.807, 2.05) is 18.2 Å². The summed E-state index contributed by atoms with van der Waals surface area (Å²) in [6.07, 6.45) is 0.747. The Morgan fingerprint density at radius 1 is 1.03 bits per heavy atom. The van der Waals surface area contributed by atoms with Crippen LogP contribution >= 0.6 is 34.8 Å². The number of amides is 2. The molecule has 1 heterocycles. The first-order valence-corrected chi connectivity index (χ1v) is 11.7. The van der Waals surface area contributed by atoms with Crippen LogP contribution in [-0.4, -0.2) is 25.0 Å². The van der Waals surface area contributed by atoms with E-state index in [9.17, 15) is 9.59 Å². The van der Waals surface area contributed by atoms with Crippen LogP contribution in [0.15, 0.2) is 60.7 Å². The molecular formula is C25H21Cl3N2O4. The van der Waals surface area contributed by atoms with E-state index in [-0.39, 0.29) is 24.8 Å². The van der Waals surface area contributed by atoms with Crippen molar-refractivity contribution in [3.05, 3.63) is 81.3 Å². The predicted molar refractivity (Wildman–Crippen MR) is 134 cm³/mol. The van der Waals surface area contributed by atoms with Gasteiger partial charge in [0.1, 0.15) is 11.5 Å². The SMILES string of the molecule is O=C(CCCOc1ccc(Cl)cc1Cl)Nc1ccc2c(c1)N(Cc1ccccc1Cl)C(=O)CO2. The topological polar surface area (TPSA) is 67.9 Å². The zero-order chi connectivity index (χ0) is 24.1. The highest BCUT2D eigenvalue weighted by Gasteiger charge is 2.26. The molecule has 0 saturated heterocycles. The lowest BCUT2D eigenvalue weighted by molar-refractivity contribution is -0.121. The molecule has 3 aromatic carbocycles. The maximum absolute atomic E-state index is 12.6. The smallest absolute Gasteiger partial charge is 0.265 e. The molecule has 0 bridgehead atoms. The van der Waals surface area contributed by atoms with Gasteiger partial charge in [0.05, 0.1) is 23.9 Å². The standard InChI is InChI=1S/C25H21Cl3N2O4/c26-17-7-9-22(20(28)12-17)33-11-3-6-24(31)29-18-8-10-23-21(13-18)30(25(32)15-34-23)14-16-4-1-2-5-19(16)27/h1-2,4-5,7-10,12-13H,3,6,11,14-15H2,(H,29,31). The number of benzene rings is 3. The molecule has 34 heavy (non-hydrogen) atoms. The number of ether oxygens (including phenoxy) is 2. The average molecular weight is 520 g/mol. The molecule has 2 amide bonds. The largest absolute Gasteiger partial charge is 0.492 e. The second-order valence-electron chi connectivity index (χ2n) is 7.62. The van der Waals surface area contributed by atoms with Crippen molar-refractivity contribution in [1.29, 1.82) is 0 Å². The Morgan fingerprint density at radius 3 is 2.65 bits per heavy atom. The van der Waals surface area contributed by atoms with Gasteiger partial charge in [0.25, 0.3) is 5.91 Å². The Hall–Kier alpha value is -2.93. The first-order chi connectivity index (χ1) is 16.4. The normalized spacial score (nSPS) is 12.7. The van der Waals surface area contributed by atoms with Crippen LogP contribution in [0.25, 0.3) is 0 Å². The van der Waals surface area contributed by atoms with Gasteiger partial charge in [0.2, 0.25) is 5.91 Å². The number of carbonyl (C=O) groups is 2. The number of rotatable bonds is 8. The molecule has 0 radical (unpaired) electrons. The summed E-state index contributed by atoms with van der Waals surface area (Å²) in [4.78, 5) is 26.6. The molecule has 0 aliphatic carbocycles. The highest BCUT2D eigenvalue weighted by Crippen LogP contribution is 2.36. The predicted octanol–water partition coefficient (Wildman–Crippen LogP) is 6.37. The molecule has 1 N–H and O–H groups in total. The van der Waals surface area contributed by atoms with Crippen LogP contribution in [0, 0.1) is 0 Å². The second kappa shape index (κ2) is 11.0. The lowest BCUT2D eigenvalue weighted by atomic mass is 10.1.